The quantitative estimate of drug-likeness (QED) is 0.857. The molecule has 0 spiro atoms. The first-order valence-electron chi connectivity index (χ1n) is 6.00. The zero-order valence-corrected chi connectivity index (χ0v) is 9.91. The summed E-state index contributed by atoms with van der Waals surface area (Å²) in [6.07, 6.45) is 3.45. The Bertz CT molecular complexity index is 511. The number of rotatable bonds is 2. The van der Waals surface area contributed by atoms with E-state index in [1.54, 1.807) is 12.4 Å². The van der Waals surface area contributed by atoms with Gasteiger partial charge in [-0.1, -0.05) is 6.07 Å². The molecule has 1 fully saturated rings. The second-order valence-electron chi connectivity index (χ2n) is 4.08. The number of nitrogens with one attached hydrogen (secondary N) is 1. The van der Waals surface area contributed by atoms with E-state index in [4.69, 9.17) is 4.74 Å². The van der Waals surface area contributed by atoms with Crippen molar-refractivity contribution in [1.29, 1.82) is 0 Å². The largest absolute Gasteiger partial charge is 0.368 e. The lowest BCUT2D eigenvalue weighted by molar-refractivity contribution is 0.0222. The summed E-state index contributed by atoms with van der Waals surface area (Å²) in [7, 11) is 0. The van der Waals surface area contributed by atoms with E-state index in [1.807, 2.05) is 24.3 Å². The van der Waals surface area contributed by atoms with Gasteiger partial charge in [0.05, 0.1) is 18.0 Å². The lowest BCUT2D eigenvalue weighted by atomic mass is 10.2. The van der Waals surface area contributed by atoms with Crippen LogP contribution in [0.1, 0.15) is 11.9 Å². The first-order valence-corrected chi connectivity index (χ1v) is 6.00. The monoisotopic (exact) mass is 242 g/mol. The van der Waals surface area contributed by atoms with Crippen molar-refractivity contribution in [1.82, 2.24) is 20.3 Å². The molecule has 2 aromatic rings. The number of hydrogen-bond donors (Lipinski definition) is 1. The van der Waals surface area contributed by atoms with E-state index >= 15 is 0 Å². The molecule has 1 aliphatic rings. The maximum absolute atomic E-state index is 5.65. The molecular weight excluding hydrogens is 228 g/mol. The van der Waals surface area contributed by atoms with Crippen LogP contribution in [0.25, 0.3) is 11.4 Å². The van der Waals surface area contributed by atoms with Crippen LogP contribution in [0.4, 0.5) is 0 Å². The lowest BCUT2D eigenvalue weighted by Crippen LogP contribution is -2.34. The minimum Gasteiger partial charge on any atom is -0.368 e. The van der Waals surface area contributed by atoms with Gasteiger partial charge in [-0.05, 0) is 18.2 Å². The summed E-state index contributed by atoms with van der Waals surface area (Å²) >= 11 is 0. The Morgan fingerprint density at radius 2 is 2.11 bits per heavy atom. The summed E-state index contributed by atoms with van der Waals surface area (Å²) in [5.74, 6) is 0.713. The molecule has 2 aromatic heterocycles. The summed E-state index contributed by atoms with van der Waals surface area (Å²) in [4.78, 5) is 13.1. The Morgan fingerprint density at radius 1 is 1.11 bits per heavy atom. The second kappa shape index (κ2) is 5.20. The number of aromatic nitrogens is 3. The molecular formula is C13H14N4O. The summed E-state index contributed by atoms with van der Waals surface area (Å²) in [5, 5.41) is 3.27. The average molecular weight is 242 g/mol. The zero-order chi connectivity index (χ0) is 12.2. The summed E-state index contributed by atoms with van der Waals surface area (Å²) in [5.41, 5.74) is 1.68. The molecule has 5 nitrogen and oxygen atoms in total. The van der Waals surface area contributed by atoms with Gasteiger partial charge in [-0.3, -0.25) is 4.98 Å². The first-order chi connectivity index (χ1) is 8.93. The van der Waals surface area contributed by atoms with Crippen LogP contribution in [0.15, 0.2) is 36.7 Å². The standard InChI is InChI=1S/C13H14N4O/c1-2-5-15-10(3-1)11-4-6-16-13(17-11)12-9-14-7-8-18-12/h1-6,12,14H,7-9H2. The maximum atomic E-state index is 5.65. The molecule has 18 heavy (non-hydrogen) atoms. The van der Waals surface area contributed by atoms with E-state index in [2.05, 4.69) is 20.3 Å². The molecule has 1 unspecified atom stereocenters. The van der Waals surface area contributed by atoms with E-state index in [0.717, 1.165) is 24.5 Å². The third-order valence-corrected chi connectivity index (χ3v) is 2.82. The lowest BCUT2D eigenvalue weighted by Gasteiger charge is -2.22. The van der Waals surface area contributed by atoms with Crippen LogP contribution < -0.4 is 5.32 Å². The highest BCUT2D eigenvalue weighted by atomic mass is 16.5. The Balaban J connectivity index is 1.89. The summed E-state index contributed by atoms with van der Waals surface area (Å²) < 4.78 is 5.65. The molecule has 0 amide bonds. The van der Waals surface area contributed by atoms with Crippen molar-refractivity contribution in [3.05, 3.63) is 42.5 Å². The minimum absolute atomic E-state index is 0.0672. The fraction of sp³-hybridized carbons (Fsp3) is 0.308. The minimum atomic E-state index is -0.0672. The predicted octanol–water partition coefficient (Wildman–Crippen LogP) is 1.20. The predicted molar refractivity (Wildman–Crippen MR) is 66.8 cm³/mol. The van der Waals surface area contributed by atoms with Gasteiger partial charge < -0.3 is 10.1 Å². The highest BCUT2D eigenvalue weighted by Gasteiger charge is 2.18. The molecule has 3 heterocycles. The third kappa shape index (κ3) is 2.37. The van der Waals surface area contributed by atoms with Gasteiger partial charge in [-0.15, -0.1) is 0 Å². The molecule has 1 saturated heterocycles. The molecule has 0 bridgehead atoms. The normalized spacial score (nSPS) is 19.7. The van der Waals surface area contributed by atoms with Gasteiger partial charge in [0, 0.05) is 25.5 Å². The molecule has 5 heteroatoms. The van der Waals surface area contributed by atoms with E-state index < -0.39 is 0 Å². The van der Waals surface area contributed by atoms with Crippen LogP contribution in [0.2, 0.25) is 0 Å². The number of pyridine rings is 1. The van der Waals surface area contributed by atoms with Crippen molar-refractivity contribution < 1.29 is 4.74 Å². The molecule has 3 rings (SSSR count). The van der Waals surface area contributed by atoms with Gasteiger partial charge in [0.2, 0.25) is 0 Å². The Morgan fingerprint density at radius 3 is 2.89 bits per heavy atom. The molecule has 0 saturated carbocycles. The van der Waals surface area contributed by atoms with Crippen LogP contribution in [0.3, 0.4) is 0 Å². The average Bonchev–Trinajstić information content (AvgIpc) is 2.49. The van der Waals surface area contributed by atoms with Gasteiger partial charge in [-0.2, -0.15) is 0 Å². The van der Waals surface area contributed by atoms with Gasteiger partial charge in [0.25, 0.3) is 0 Å². The number of ether oxygens (including phenoxy) is 1. The smallest absolute Gasteiger partial charge is 0.159 e. The molecule has 1 atom stereocenters. The van der Waals surface area contributed by atoms with Gasteiger partial charge in [0.15, 0.2) is 5.82 Å². The van der Waals surface area contributed by atoms with E-state index in [0.29, 0.717) is 12.4 Å². The molecule has 1 N–H and O–H groups in total. The Labute approximate surface area is 105 Å². The molecule has 0 radical (unpaired) electrons. The van der Waals surface area contributed by atoms with Gasteiger partial charge in [0.1, 0.15) is 6.10 Å². The SMILES string of the molecule is c1ccc(-c2ccnc(C3CNCCO3)n2)nc1. The molecule has 0 aromatic carbocycles. The van der Waals surface area contributed by atoms with Crippen LogP contribution in [-0.4, -0.2) is 34.6 Å². The fourth-order valence-electron chi connectivity index (χ4n) is 1.92. The highest BCUT2D eigenvalue weighted by Crippen LogP contribution is 2.18. The van der Waals surface area contributed by atoms with Crippen molar-refractivity contribution in [3.63, 3.8) is 0 Å². The van der Waals surface area contributed by atoms with Crippen LogP contribution in [0.5, 0.6) is 0 Å². The van der Waals surface area contributed by atoms with Gasteiger partial charge >= 0.3 is 0 Å². The molecule has 1 aliphatic heterocycles. The third-order valence-electron chi connectivity index (χ3n) is 2.82. The van der Waals surface area contributed by atoms with Crippen molar-refractivity contribution in [2.75, 3.05) is 19.7 Å². The number of nitrogens with zero attached hydrogens (tertiary/aromatic N) is 3. The fourth-order valence-corrected chi connectivity index (χ4v) is 1.92. The number of morpholine rings is 1. The Kier molecular flexibility index (Phi) is 3.25. The van der Waals surface area contributed by atoms with E-state index in [9.17, 15) is 0 Å². The molecule has 92 valence electrons. The highest BCUT2D eigenvalue weighted by molar-refractivity contribution is 5.52. The van der Waals surface area contributed by atoms with E-state index in [-0.39, 0.29) is 6.10 Å². The topological polar surface area (TPSA) is 59.9 Å². The maximum Gasteiger partial charge on any atom is 0.159 e. The summed E-state index contributed by atoms with van der Waals surface area (Å²) in [6, 6.07) is 7.64. The van der Waals surface area contributed by atoms with Crippen LogP contribution in [-0.2, 0) is 4.74 Å². The first kappa shape index (κ1) is 11.3. The van der Waals surface area contributed by atoms with E-state index in [1.165, 1.54) is 0 Å². The van der Waals surface area contributed by atoms with Crippen molar-refractivity contribution >= 4 is 0 Å². The Hall–Kier alpha value is -1.85. The van der Waals surface area contributed by atoms with Crippen molar-refractivity contribution in [2.45, 2.75) is 6.10 Å². The summed E-state index contributed by atoms with van der Waals surface area (Å²) in [6.45, 7) is 2.34. The van der Waals surface area contributed by atoms with Crippen LogP contribution >= 0.6 is 0 Å². The second-order valence-corrected chi connectivity index (χ2v) is 4.08. The molecule has 0 aliphatic carbocycles. The van der Waals surface area contributed by atoms with Crippen molar-refractivity contribution in [2.24, 2.45) is 0 Å². The van der Waals surface area contributed by atoms with Crippen LogP contribution in [0, 0.1) is 0 Å². The number of hydrogen-bond acceptors (Lipinski definition) is 5. The zero-order valence-electron chi connectivity index (χ0n) is 9.91. The van der Waals surface area contributed by atoms with Crippen molar-refractivity contribution in [3.8, 4) is 11.4 Å². The van der Waals surface area contributed by atoms with Gasteiger partial charge in [-0.25, -0.2) is 9.97 Å².